The number of aryl methyl sites for hydroxylation is 2. The highest BCUT2D eigenvalue weighted by Gasteiger charge is 2.28. The van der Waals surface area contributed by atoms with Crippen LogP contribution in [0.2, 0.25) is 0 Å². The average molecular weight is 352 g/mol. The first-order chi connectivity index (χ1) is 11.3. The first-order valence-corrected chi connectivity index (χ1v) is 8.58. The number of aromatic amines is 1. The summed E-state index contributed by atoms with van der Waals surface area (Å²) in [5.74, 6) is 0.0356. The molecule has 3 heterocycles. The van der Waals surface area contributed by atoms with Crippen molar-refractivity contribution in [1.82, 2.24) is 29.1 Å². The second-order valence-corrected chi connectivity index (χ2v) is 7.24. The standard InChI is InChI=1S/C13H16N6O4S/c1-8-16-10-5-19(4-9(10)13(21)17-8)12(20)3-15-24(22,23)11-6-18(2)7-14-11/h6-7,15H,3-5H2,1-2H3,(H,16,17,21). The predicted octanol–water partition coefficient (Wildman–Crippen LogP) is -1.37. The fourth-order valence-corrected chi connectivity index (χ4v) is 3.39. The lowest BCUT2D eigenvalue weighted by Crippen LogP contribution is -2.37. The van der Waals surface area contributed by atoms with Crippen molar-refractivity contribution in [2.45, 2.75) is 25.0 Å². The molecule has 2 aromatic rings. The summed E-state index contributed by atoms with van der Waals surface area (Å²) in [4.78, 5) is 36.0. The van der Waals surface area contributed by atoms with E-state index in [4.69, 9.17) is 0 Å². The van der Waals surface area contributed by atoms with Gasteiger partial charge in [0.15, 0.2) is 5.03 Å². The van der Waals surface area contributed by atoms with E-state index >= 15 is 0 Å². The molecule has 0 radical (unpaired) electrons. The summed E-state index contributed by atoms with van der Waals surface area (Å²) in [6, 6.07) is 0. The first-order valence-electron chi connectivity index (χ1n) is 7.10. The van der Waals surface area contributed by atoms with E-state index < -0.39 is 22.5 Å². The van der Waals surface area contributed by atoms with Crippen LogP contribution in [0.4, 0.5) is 0 Å². The molecule has 24 heavy (non-hydrogen) atoms. The van der Waals surface area contributed by atoms with Gasteiger partial charge in [-0.25, -0.2) is 23.1 Å². The van der Waals surface area contributed by atoms with E-state index in [9.17, 15) is 18.0 Å². The van der Waals surface area contributed by atoms with Crippen LogP contribution in [0.15, 0.2) is 22.3 Å². The highest BCUT2D eigenvalue weighted by molar-refractivity contribution is 7.89. The lowest BCUT2D eigenvalue weighted by Gasteiger charge is -2.15. The number of fused-ring (bicyclic) bond motifs is 1. The average Bonchev–Trinajstić information content (AvgIpc) is 3.11. The van der Waals surface area contributed by atoms with Crippen LogP contribution in [0.5, 0.6) is 0 Å². The highest BCUT2D eigenvalue weighted by Crippen LogP contribution is 2.17. The Morgan fingerprint density at radius 2 is 2.17 bits per heavy atom. The summed E-state index contributed by atoms with van der Waals surface area (Å²) in [6.45, 7) is 1.54. The van der Waals surface area contributed by atoms with E-state index in [2.05, 4.69) is 19.7 Å². The third-order valence-electron chi connectivity index (χ3n) is 3.63. The third kappa shape index (κ3) is 3.08. The summed E-state index contributed by atoms with van der Waals surface area (Å²) in [6.07, 6.45) is 2.69. The van der Waals surface area contributed by atoms with Crippen LogP contribution in [-0.4, -0.2) is 45.3 Å². The Kier molecular flexibility index (Phi) is 3.97. The van der Waals surface area contributed by atoms with Crippen LogP contribution in [0.3, 0.4) is 0 Å². The van der Waals surface area contributed by atoms with Crippen molar-refractivity contribution in [2.24, 2.45) is 7.05 Å². The van der Waals surface area contributed by atoms with Gasteiger partial charge in [0.1, 0.15) is 5.82 Å². The molecular formula is C13H16N6O4S. The number of imidazole rings is 1. The molecule has 2 N–H and O–H groups in total. The largest absolute Gasteiger partial charge is 0.339 e. The minimum absolute atomic E-state index is 0.113. The lowest BCUT2D eigenvalue weighted by molar-refractivity contribution is -0.130. The normalized spacial score (nSPS) is 14.0. The van der Waals surface area contributed by atoms with Gasteiger partial charge >= 0.3 is 0 Å². The SMILES string of the molecule is Cc1nc2c(c(=O)[nH]1)CN(C(=O)CNS(=O)(=O)c1cn(C)cn1)C2. The van der Waals surface area contributed by atoms with Crippen LogP contribution >= 0.6 is 0 Å². The molecular weight excluding hydrogens is 336 g/mol. The first kappa shape index (κ1) is 16.3. The molecule has 0 unspecified atom stereocenters. The minimum atomic E-state index is -3.86. The number of amides is 1. The summed E-state index contributed by atoms with van der Waals surface area (Å²) < 4.78 is 27.8. The molecule has 0 fully saturated rings. The second kappa shape index (κ2) is 5.83. The zero-order valence-corrected chi connectivity index (χ0v) is 13.9. The molecule has 0 aliphatic carbocycles. The molecule has 0 bridgehead atoms. The van der Waals surface area contributed by atoms with Crippen molar-refractivity contribution >= 4 is 15.9 Å². The molecule has 0 aromatic carbocycles. The fraction of sp³-hybridized carbons (Fsp3) is 0.385. The van der Waals surface area contributed by atoms with Crippen LogP contribution in [0.25, 0.3) is 0 Å². The number of H-pyrrole nitrogens is 1. The molecule has 1 amide bonds. The molecule has 0 saturated carbocycles. The highest BCUT2D eigenvalue weighted by atomic mass is 32.2. The molecule has 10 nitrogen and oxygen atoms in total. The minimum Gasteiger partial charge on any atom is -0.339 e. The zero-order valence-electron chi connectivity index (χ0n) is 13.1. The molecule has 3 rings (SSSR count). The number of hydrogen-bond donors (Lipinski definition) is 2. The molecule has 2 aromatic heterocycles. The summed E-state index contributed by atoms with van der Waals surface area (Å²) >= 11 is 0. The van der Waals surface area contributed by atoms with Crippen molar-refractivity contribution in [3.8, 4) is 0 Å². The Balaban J connectivity index is 1.67. The van der Waals surface area contributed by atoms with E-state index in [1.54, 1.807) is 14.0 Å². The molecule has 1 aliphatic heterocycles. The van der Waals surface area contributed by atoms with Crippen molar-refractivity contribution in [3.05, 3.63) is 40.0 Å². The summed E-state index contributed by atoms with van der Waals surface area (Å²) in [5, 5.41) is -0.156. The van der Waals surface area contributed by atoms with E-state index in [0.717, 1.165) is 0 Å². The van der Waals surface area contributed by atoms with Gasteiger partial charge in [0, 0.05) is 13.2 Å². The summed E-state index contributed by atoms with van der Waals surface area (Å²) in [7, 11) is -2.22. The van der Waals surface area contributed by atoms with Crippen molar-refractivity contribution in [1.29, 1.82) is 0 Å². The van der Waals surface area contributed by atoms with Gasteiger partial charge < -0.3 is 14.5 Å². The van der Waals surface area contributed by atoms with Gasteiger partial charge in [0.25, 0.3) is 15.6 Å². The monoisotopic (exact) mass is 352 g/mol. The van der Waals surface area contributed by atoms with Gasteiger partial charge in [-0.05, 0) is 6.92 Å². The van der Waals surface area contributed by atoms with Crippen LogP contribution in [-0.2, 0) is 35.0 Å². The van der Waals surface area contributed by atoms with Crippen LogP contribution in [0, 0.1) is 6.92 Å². The maximum absolute atomic E-state index is 12.2. The second-order valence-electron chi connectivity index (χ2n) is 5.53. The predicted molar refractivity (Wildman–Crippen MR) is 82.2 cm³/mol. The fourth-order valence-electron chi connectivity index (χ4n) is 2.44. The molecule has 0 atom stereocenters. The number of aromatic nitrogens is 4. The maximum atomic E-state index is 12.2. The van der Waals surface area contributed by atoms with Crippen molar-refractivity contribution < 1.29 is 13.2 Å². The Morgan fingerprint density at radius 3 is 2.83 bits per heavy atom. The number of sulfonamides is 1. The Hall–Kier alpha value is -2.53. The number of carbonyl (C=O) groups excluding carboxylic acids is 1. The van der Waals surface area contributed by atoms with Gasteiger partial charge in [0.05, 0.1) is 37.2 Å². The maximum Gasteiger partial charge on any atom is 0.260 e. The van der Waals surface area contributed by atoms with Gasteiger partial charge in [-0.3, -0.25) is 9.59 Å². The van der Waals surface area contributed by atoms with Crippen LogP contribution < -0.4 is 10.3 Å². The van der Waals surface area contributed by atoms with E-state index in [1.807, 2.05) is 0 Å². The molecule has 128 valence electrons. The van der Waals surface area contributed by atoms with Crippen LogP contribution in [0.1, 0.15) is 17.1 Å². The number of rotatable bonds is 4. The number of nitrogens with one attached hydrogen (secondary N) is 2. The lowest BCUT2D eigenvalue weighted by atomic mass is 10.3. The van der Waals surface area contributed by atoms with E-state index in [1.165, 1.54) is 22.0 Å². The van der Waals surface area contributed by atoms with Crippen molar-refractivity contribution in [3.63, 3.8) is 0 Å². The third-order valence-corrected chi connectivity index (χ3v) is 4.92. The molecule has 0 saturated heterocycles. The Bertz CT molecular complexity index is 961. The Morgan fingerprint density at radius 1 is 1.42 bits per heavy atom. The van der Waals surface area contributed by atoms with Gasteiger partial charge in [-0.2, -0.15) is 0 Å². The Labute approximate surface area is 137 Å². The quantitative estimate of drug-likeness (QED) is 0.698. The topological polar surface area (TPSA) is 130 Å². The van der Waals surface area contributed by atoms with Gasteiger partial charge in [-0.1, -0.05) is 0 Å². The van der Waals surface area contributed by atoms with Gasteiger partial charge in [0.2, 0.25) is 5.91 Å². The van der Waals surface area contributed by atoms with E-state index in [-0.39, 0.29) is 23.7 Å². The number of nitrogens with zero attached hydrogens (tertiary/aromatic N) is 4. The van der Waals surface area contributed by atoms with E-state index in [0.29, 0.717) is 17.1 Å². The number of carbonyl (C=O) groups is 1. The van der Waals surface area contributed by atoms with Crippen molar-refractivity contribution in [2.75, 3.05) is 6.54 Å². The smallest absolute Gasteiger partial charge is 0.260 e. The molecule has 0 spiro atoms. The zero-order chi connectivity index (χ0) is 17.5. The summed E-state index contributed by atoms with van der Waals surface area (Å²) in [5.41, 5.74) is 0.695. The molecule has 1 aliphatic rings. The number of hydrogen-bond acceptors (Lipinski definition) is 6. The molecule has 11 heteroatoms. The van der Waals surface area contributed by atoms with Gasteiger partial charge in [-0.15, -0.1) is 0 Å².